The van der Waals surface area contributed by atoms with Crippen LogP contribution in [0.3, 0.4) is 0 Å². The van der Waals surface area contributed by atoms with Crippen LogP contribution in [0.5, 0.6) is 0 Å². The average Bonchev–Trinajstić information content (AvgIpc) is 3.44. The molecule has 0 unspecified atom stereocenters. The fourth-order valence-electron chi connectivity index (χ4n) is 7.06. The van der Waals surface area contributed by atoms with Gasteiger partial charge in [-0.2, -0.15) is 0 Å². The molecule has 0 bridgehead atoms. The number of hydrogen-bond acceptors (Lipinski definition) is 3. The van der Waals surface area contributed by atoms with Gasteiger partial charge in [0.2, 0.25) is 0 Å². The van der Waals surface area contributed by atoms with E-state index in [4.69, 9.17) is 28.8 Å². The first-order valence-corrected chi connectivity index (χ1v) is 15.7. The molecule has 218 valence electrons. The van der Waals surface area contributed by atoms with Crippen LogP contribution in [0.15, 0.2) is 60.8 Å². The SMILES string of the molecule is Cc1cc(C)c(-n2c(C)cc([C@@H]3[C@@H](c4ccccn4)NC(=S)N3c3ccc(N4CCC(C)CC4)c(Cl)c3)c2C)c(C)c1. The molecule has 2 fully saturated rings. The first-order valence-electron chi connectivity index (χ1n) is 15.0. The normalized spacial score (nSPS) is 19.5. The zero-order valence-corrected chi connectivity index (χ0v) is 27.0. The molecule has 4 heterocycles. The van der Waals surface area contributed by atoms with E-state index in [9.17, 15) is 0 Å². The second-order valence-corrected chi connectivity index (χ2v) is 13.0. The summed E-state index contributed by atoms with van der Waals surface area (Å²) in [5.41, 5.74) is 11.8. The third kappa shape index (κ3) is 5.09. The van der Waals surface area contributed by atoms with Crippen LogP contribution in [0.25, 0.3) is 5.69 Å². The number of rotatable bonds is 5. The van der Waals surface area contributed by atoms with E-state index in [0.717, 1.165) is 41.1 Å². The van der Waals surface area contributed by atoms with Crippen molar-refractivity contribution in [1.29, 1.82) is 0 Å². The zero-order valence-electron chi connectivity index (χ0n) is 25.4. The molecule has 2 aromatic heterocycles. The Bertz CT molecular complexity index is 1610. The highest BCUT2D eigenvalue weighted by molar-refractivity contribution is 7.80. The van der Waals surface area contributed by atoms with Gasteiger partial charge in [0.1, 0.15) is 0 Å². The molecular formula is C35H40ClN5S. The minimum Gasteiger partial charge on any atom is -0.370 e. The lowest BCUT2D eigenvalue weighted by atomic mass is 9.96. The highest BCUT2D eigenvalue weighted by atomic mass is 35.5. The van der Waals surface area contributed by atoms with E-state index in [1.54, 1.807) is 0 Å². The molecule has 5 nitrogen and oxygen atoms in total. The number of halogens is 1. The van der Waals surface area contributed by atoms with Crippen molar-refractivity contribution in [1.82, 2.24) is 14.9 Å². The number of pyridine rings is 1. The van der Waals surface area contributed by atoms with Crippen molar-refractivity contribution in [3.63, 3.8) is 0 Å². The quantitative estimate of drug-likeness (QED) is 0.233. The molecule has 0 aliphatic carbocycles. The first kappa shape index (κ1) is 28.8. The van der Waals surface area contributed by atoms with Gasteiger partial charge < -0.3 is 19.7 Å². The van der Waals surface area contributed by atoms with Crippen LogP contribution in [0.2, 0.25) is 5.02 Å². The van der Waals surface area contributed by atoms with E-state index in [0.29, 0.717) is 5.11 Å². The van der Waals surface area contributed by atoms with Crippen LogP contribution < -0.4 is 15.1 Å². The Morgan fingerprint density at radius 1 is 0.929 bits per heavy atom. The van der Waals surface area contributed by atoms with Gasteiger partial charge in [0, 0.05) is 36.4 Å². The molecule has 1 N–H and O–H groups in total. The van der Waals surface area contributed by atoms with E-state index in [1.165, 1.54) is 52.2 Å². The average molecular weight is 598 g/mol. The van der Waals surface area contributed by atoms with Crippen LogP contribution in [0, 0.1) is 40.5 Å². The topological polar surface area (TPSA) is 36.3 Å². The Balaban J connectivity index is 1.46. The lowest BCUT2D eigenvalue weighted by Gasteiger charge is -2.33. The van der Waals surface area contributed by atoms with E-state index >= 15 is 0 Å². The summed E-state index contributed by atoms with van der Waals surface area (Å²) in [6.45, 7) is 15.4. The maximum absolute atomic E-state index is 7.01. The van der Waals surface area contributed by atoms with Crippen molar-refractivity contribution in [2.45, 2.75) is 66.5 Å². The van der Waals surface area contributed by atoms with Crippen molar-refractivity contribution in [3.8, 4) is 5.69 Å². The second-order valence-electron chi connectivity index (χ2n) is 12.2. The molecule has 2 aliphatic heterocycles. The van der Waals surface area contributed by atoms with Crippen molar-refractivity contribution >= 4 is 40.3 Å². The Morgan fingerprint density at radius 2 is 1.64 bits per heavy atom. The highest BCUT2D eigenvalue weighted by Gasteiger charge is 2.42. The Morgan fingerprint density at radius 3 is 2.29 bits per heavy atom. The lowest BCUT2D eigenvalue weighted by Crippen LogP contribution is -2.33. The largest absolute Gasteiger partial charge is 0.370 e. The van der Waals surface area contributed by atoms with Crippen molar-refractivity contribution in [2.75, 3.05) is 22.9 Å². The van der Waals surface area contributed by atoms with Crippen LogP contribution in [-0.2, 0) is 0 Å². The summed E-state index contributed by atoms with van der Waals surface area (Å²) in [6.07, 6.45) is 4.25. The number of piperidine rings is 1. The zero-order chi connectivity index (χ0) is 29.7. The first-order chi connectivity index (χ1) is 20.1. The Labute approximate surface area is 260 Å². The second kappa shape index (κ2) is 11.4. The van der Waals surface area contributed by atoms with Gasteiger partial charge in [0.25, 0.3) is 0 Å². The predicted molar refractivity (Wildman–Crippen MR) is 179 cm³/mol. The number of nitrogens with one attached hydrogen (secondary N) is 1. The molecule has 7 heteroatoms. The van der Waals surface area contributed by atoms with Crippen molar-refractivity contribution < 1.29 is 0 Å². The van der Waals surface area contributed by atoms with Gasteiger partial charge in [-0.3, -0.25) is 4.98 Å². The number of aromatic nitrogens is 2. The number of nitrogens with zero attached hydrogens (tertiary/aromatic N) is 4. The molecule has 42 heavy (non-hydrogen) atoms. The summed E-state index contributed by atoms with van der Waals surface area (Å²) in [5, 5.41) is 5.07. The summed E-state index contributed by atoms with van der Waals surface area (Å²) in [5.74, 6) is 0.767. The fraction of sp³-hybridized carbons (Fsp3) is 0.371. The molecule has 0 saturated carbocycles. The molecule has 6 rings (SSSR count). The van der Waals surface area contributed by atoms with E-state index in [2.05, 4.69) is 104 Å². The molecule has 2 saturated heterocycles. The van der Waals surface area contributed by atoms with E-state index in [-0.39, 0.29) is 12.1 Å². The summed E-state index contributed by atoms with van der Waals surface area (Å²) in [4.78, 5) is 9.42. The van der Waals surface area contributed by atoms with Crippen molar-refractivity contribution in [3.05, 3.63) is 105 Å². The molecule has 2 atom stereocenters. The summed E-state index contributed by atoms with van der Waals surface area (Å²) >= 11 is 13.1. The van der Waals surface area contributed by atoms with Crippen LogP contribution in [0.4, 0.5) is 11.4 Å². The van der Waals surface area contributed by atoms with Gasteiger partial charge in [-0.15, -0.1) is 0 Å². The van der Waals surface area contributed by atoms with Gasteiger partial charge >= 0.3 is 0 Å². The third-order valence-electron chi connectivity index (χ3n) is 9.08. The summed E-state index contributed by atoms with van der Waals surface area (Å²) in [6, 6.07) is 19.2. The van der Waals surface area contributed by atoms with Gasteiger partial charge in [-0.1, -0.05) is 42.3 Å². The molecule has 0 radical (unpaired) electrons. The van der Waals surface area contributed by atoms with Gasteiger partial charge in [0.05, 0.1) is 34.2 Å². The van der Waals surface area contributed by atoms with Crippen LogP contribution in [0.1, 0.15) is 71.2 Å². The number of thiocarbonyl (C=S) groups is 1. The standard InChI is InChI=1S/C35H40ClN5S/c1-21-12-15-39(16-13-21)31-11-10-27(20-29(31)36)41-34(32(38-35(41)42)30-9-7-8-14-37-30)28-19-25(5)40(26(28)6)33-23(3)17-22(2)18-24(33)4/h7-11,14,17-21,32,34H,12-13,15-16H2,1-6H3,(H,38,42)/t32-,34-/m1/s1. The van der Waals surface area contributed by atoms with Gasteiger partial charge in [-0.25, -0.2) is 0 Å². The Hall–Kier alpha value is -3.35. The Kier molecular flexibility index (Phi) is 7.79. The monoisotopic (exact) mass is 597 g/mol. The number of aryl methyl sites for hydroxylation is 4. The molecule has 4 aromatic rings. The molecular weight excluding hydrogens is 558 g/mol. The number of hydrogen-bond donors (Lipinski definition) is 1. The molecule has 0 spiro atoms. The number of benzene rings is 2. The number of anilines is 2. The predicted octanol–water partition coefficient (Wildman–Crippen LogP) is 8.48. The molecule has 2 aromatic carbocycles. The maximum Gasteiger partial charge on any atom is 0.174 e. The minimum absolute atomic E-state index is 0.101. The summed E-state index contributed by atoms with van der Waals surface area (Å²) in [7, 11) is 0. The van der Waals surface area contributed by atoms with Gasteiger partial charge in [0.15, 0.2) is 5.11 Å². The molecule has 2 aliphatic rings. The van der Waals surface area contributed by atoms with E-state index in [1.807, 2.05) is 18.3 Å². The summed E-state index contributed by atoms with van der Waals surface area (Å²) < 4.78 is 2.40. The van der Waals surface area contributed by atoms with Crippen LogP contribution in [-0.4, -0.2) is 27.8 Å². The van der Waals surface area contributed by atoms with Crippen molar-refractivity contribution in [2.24, 2.45) is 5.92 Å². The highest BCUT2D eigenvalue weighted by Crippen LogP contribution is 2.45. The molecule has 0 amide bonds. The minimum atomic E-state index is -0.116. The smallest absolute Gasteiger partial charge is 0.174 e. The van der Waals surface area contributed by atoms with E-state index < -0.39 is 0 Å². The van der Waals surface area contributed by atoms with Crippen LogP contribution >= 0.6 is 23.8 Å². The lowest BCUT2D eigenvalue weighted by molar-refractivity contribution is 0.438. The van der Waals surface area contributed by atoms with Gasteiger partial charge in [-0.05, 0) is 119 Å². The maximum atomic E-state index is 7.01. The fourth-order valence-corrected chi connectivity index (χ4v) is 7.70. The third-order valence-corrected chi connectivity index (χ3v) is 9.70.